The Labute approximate surface area is 283 Å². The normalized spacial score (nSPS) is 31.7. The molecule has 4 fully saturated rings. The highest BCUT2D eigenvalue weighted by atomic mass is 32.2. The van der Waals surface area contributed by atoms with Crippen molar-refractivity contribution < 1.29 is 33.5 Å². The highest BCUT2D eigenvalue weighted by molar-refractivity contribution is 8.02. The van der Waals surface area contributed by atoms with Crippen LogP contribution in [-0.2, 0) is 33.5 Å². The van der Waals surface area contributed by atoms with E-state index in [-0.39, 0.29) is 24.9 Å². The van der Waals surface area contributed by atoms with Crippen LogP contribution in [0.25, 0.3) is 0 Å². The molecule has 4 heterocycles. The van der Waals surface area contributed by atoms with E-state index < -0.39 is 68.2 Å². The number of esters is 2. The number of thioether (sulfide) groups is 2. The third-order valence-corrected chi connectivity index (χ3v) is 12.8. The molecule has 47 heavy (non-hydrogen) atoms. The number of rotatable bonds is 10. The Balaban J connectivity index is 1.03. The van der Waals surface area contributed by atoms with E-state index in [2.05, 4.69) is 33.4 Å². The Bertz CT molecular complexity index is 1330. The summed E-state index contributed by atoms with van der Waals surface area (Å²) in [6.07, 6.45) is 12.4. The second-order valence-electron chi connectivity index (χ2n) is 14.0. The van der Waals surface area contributed by atoms with Crippen molar-refractivity contribution in [3.05, 3.63) is 23.5 Å². The van der Waals surface area contributed by atoms with Crippen LogP contribution in [0.1, 0.15) is 79.1 Å². The van der Waals surface area contributed by atoms with Gasteiger partial charge in [0.25, 0.3) is 0 Å². The van der Waals surface area contributed by atoms with Crippen molar-refractivity contribution in [1.29, 1.82) is 0 Å². The van der Waals surface area contributed by atoms with Crippen LogP contribution in [0.5, 0.6) is 0 Å². The average molecular weight is 689 g/mol. The fraction of sp³-hybridized carbons (Fsp3) is 0.688. The van der Waals surface area contributed by atoms with Gasteiger partial charge in [-0.05, 0) is 79.1 Å². The minimum absolute atomic E-state index is 0.0570. The highest BCUT2D eigenvalue weighted by Gasteiger charge is 2.67. The number of hydrogen-bond acceptors (Lipinski definition) is 11. The second-order valence-corrected chi connectivity index (χ2v) is 17.5. The number of ether oxygens (including phenoxy) is 1. The molecule has 13 nitrogen and oxygen atoms in total. The number of hydrogen-bond donors (Lipinski definition) is 4. The van der Waals surface area contributed by atoms with E-state index in [9.17, 15) is 28.8 Å². The smallest absolute Gasteiger partial charge is 0.338 e. The molecule has 4 aliphatic heterocycles. The number of carbonyl (C=O) groups excluding carboxylic acids is 6. The van der Waals surface area contributed by atoms with Crippen molar-refractivity contribution in [2.24, 2.45) is 0 Å². The van der Waals surface area contributed by atoms with Crippen LogP contribution < -0.4 is 21.3 Å². The molecule has 256 valence electrons. The fourth-order valence-electron chi connectivity index (χ4n) is 7.30. The summed E-state index contributed by atoms with van der Waals surface area (Å²) in [5, 5.41) is 10.9. The van der Waals surface area contributed by atoms with E-state index >= 15 is 0 Å². The molecular weight excluding hydrogens is 645 g/mol. The van der Waals surface area contributed by atoms with Gasteiger partial charge in [0, 0.05) is 20.9 Å². The number of β-lactam (4-membered cyclic amide) rings is 2. The van der Waals surface area contributed by atoms with Crippen LogP contribution in [0, 0.1) is 0 Å². The van der Waals surface area contributed by atoms with Gasteiger partial charge in [-0.15, -0.1) is 23.5 Å². The van der Waals surface area contributed by atoms with E-state index in [1.807, 2.05) is 0 Å². The molecule has 0 aromatic carbocycles. The first-order chi connectivity index (χ1) is 22.3. The molecule has 4 N–H and O–H groups in total. The Hall–Kier alpha value is -3.20. The summed E-state index contributed by atoms with van der Waals surface area (Å²) in [6, 6.07) is -3.67. The molecule has 2 aliphatic carbocycles. The minimum Gasteiger partial charge on any atom is -0.390 e. The Morgan fingerprint density at radius 3 is 1.49 bits per heavy atom. The van der Waals surface area contributed by atoms with E-state index in [1.165, 1.54) is 33.3 Å². The summed E-state index contributed by atoms with van der Waals surface area (Å²) < 4.78 is 3.84. The van der Waals surface area contributed by atoms with Crippen LogP contribution >= 0.6 is 23.5 Å². The highest BCUT2D eigenvalue weighted by Crippen LogP contribution is 2.53. The minimum atomic E-state index is -1.05. The van der Waals surface area contributed by atoms with E-state index in [0.717, 1.165) is 62.8 Å². The van der Waals surface area contributed by atoms with Gasteiger partial charge >= 0.3 is 11.9 Å². The molecule has 15 heteroatoms. The number of nitrogens with zero attached hydrogens (tertiary/aromatic N) is 2. The third-order valence-electron chi connectivity index (χ3n) is 9.70. The van der Waals surface area contributed by atoms with Crippen molar-refractivity contribution in [2.45, 2.75) is 123 Å². The summed E-state index contributed by atoms with van der Waals surface area (Å²) >= 11 is 2.75. The summed E-state index contributed by atoms with van der Waals surface area (Å²) in [7, 11) is 0. The molecular formula is C32H44N6O7S2. The van der Waals surface area contributed by atoms with Gasteiger partial charge in [0.1, 0.15) is 34.9 Å². The molecule has 6 rings (SSSR count). The maximum atomic E-state index is 13.5. The van der Waals surface area contributed by atoms with Crippen LogP contribution in [0.15, 0.2) is 23.5 Å². The largest absolute Gasteiger partial charge is 0.390 e. The lowest BCUT2D eigenvalue weighted by atomic mass is 9.95. The van der Waals surface area contributed by atoms with Crippen LogP contribution in [0.3, 0.4) is 0 Å². The van der Waals surface area contributed by atoms with Crippen molar-refractivity contribution in [3.8, 4) is 0 Å². The van der Waals surface area contributed by atoms with Gasteiger partial charge in [-0.1, -0.05) is 12.2 Å². The number of fused-ring (bicyclic) bond motifs is 2. The molecule has 4 saturated heterocycles. The number of nitrogens with one attached hydrogen (secondary N) is 4. The fourth-order valence-corrected chi connectivity index (χ4v) is 10.5. The molecule has 6 aliphatic rings. The Morgan fingerprint density at radius 1 is 0.723 bits per heavy atom. The summed E-state index contributed by atoms with van der Waals surface area (Å²) in [4.78, 5) is 81.6. The number of amides is 4. The molecule has 6 atom stereocenters. The van der Waals surface area contributed by atoms with Gasteiger partial charge in [-0.25, -0.2) is 9.59 Å². The average Bonchev–Trinajstić information content (AvgIpc) is 3.45. The molecule has 0 radical (unpaired) electrons. The first-order valence-electron chi connectivity index (χ1n) is 16.5. The van der Waals surface area contributed by atoms with Gasteiger partial charge in [0.2, 0.25) is 23.6 Å². The van der Waals surface area contributed by atoms with Crippen molar-refractivity contribution >= 4 is 59.1 Å². The topological polar surface area (TPSA) is 166 Å². The molecule has 4 amide bonds. The van der Waals surface area contributed by atoms with Gasteiger partial charge in [0.15, 0.2) is 0 Å². The quantitative estimate of drug-likeness (QED) is 0.148. The van der Waals surface area contributed by atoms with E-state index in [1.54, 1.807) is 27.7 Å². The Kier molecular flexibility index (Phi) is 9.33. The van der Waals surface area contributed by atoms with Crippen LogP contribution in [-0.4, -0.2) is 103 Å². The molecule has 0 bridgehead atoms. The van der Waals surface area contributed by atoms with E-state index in [0.29, 0.717) is 0 Å². The zero-order valence-electron chi connectivity index (χ0n) is 27.3. The SMILES string of the molecule is CC1(C)S[C@@H]2[C@H](NC(=O)CNC3=CCCCC3)C(=O)N2[C@H]1C(=O)OC(=O)[C@@H]1N2C(=O)[C@@H](NC(=O)CNC3=CCCCC3)[C@H]2SC1(C)C. The van der Waals surface area contributed by atoms with Gasteiger partial charge in [-0.3, -0.25) is 19.2 Å². The van der Waals surface area contributed by atoms with Crippen molar-refractivity contribution in [1.82, 2.24) is 31.1 Å². The third kappa shape index (κ3) is 6.49. The van der Waals surface area contributed by atoms with Gasteiger partial charge in [-0.2, -0.15) is 0 Å². The molecule has 0 saturated carbocycles. The van der Waals surface area contributed by atoms with Crippen molar-refractivity contribution in [2.75, 3.05) is 13.1 Å². The molecule has 0 unspecified atom stereocenters. The molecule has 0 aromatic heterocycles. The van der Waals surface area contributed by atoms with Gasteiger partial charge < -0.3 is 35.8 Å². The lowest BCUT2D eigenvalue weighted by Crippen LogP contribution is -2.72. The zero-order valence-corrected chi connectivity index (χ0v) is 28.9. The first-order valence-corrected chi connectivity index (χ1v) is 18.2. The first kappa shape index (κ1) is 33.7. The number of allylic oxidation sites excluding steroid dienone is 4. The predicted molar refractivity (Wildman–Crippen MR) is 176 cm³/mol. The standard InChI is InChI=1S/C32H44N6O7S2/c1-31(2)23(37-25(41)21(27(37)46-31)35-19(39)15-33-17-11-7-5-8-12-17)29(43)45-30(44)24-32(3,4)47-28-22(26(42)38(24)28)36-20(40)16-34-18-13-9-6-10-14-18/h11,13,21-24,27-28,33-34H,5-10,12,14-16H2,1-4H3,(H,35,39)(H,36,40)/t21-,22-,23+,24+,27-,28-/m1/s1. The van der Waals surface area contributed by atoms with Crippen LogP contribution in [0.4, 0.5) is 0 Å². The Morgan fingerprint density at radius 2 is 1.13 bits per heavy atom. The molecule has 0 spiro atoms. The second kappa shape index (κ2) is 13.0. The number of carbonyl (C=O) groups is 6. The maximum absolute atomic E-state index is 13.5. The zero-order chi connectivity index (χ0) is 33.7. The lowest BCUT2D eigenvalue weighted by Gasteiger charge is -2.44. The predicted octanol–water partition coefficient (Wildman–Crippen LogP) is 1.25. The van der Waals surface area contributed by atoms with Crippen LogP contribution in [0.2, 0.25) is 0 Å². The summed E-state index contributed by atoms with van der Waals surface area (Å²) in [6.45, 7) is 7.31. The lowest BCUT2D eigenvalue weighted by molar-refractivity contribution is -0.176. The van der Waals surface area contributed by atoms with Gasteiger partial charge in [0.05, 0.1) is 13.1 Å². The van der Waals surface area contributed by atoms with Crippen molar-refractivity contribution in [3.63, 3.8) is 0 Å². The molecule has 0 aromatic rings. The monoisotopic (exact) mass is 688 g/mol. The van der Waals surface area contributed by atoms with E-state index in [4.69, 9.17) is 4.74 Å². The summed E-state index contributed by atoms with van der Waals surface area (Å²) in [5.74, 6) is -3.17. The summed E-state index contributed by atoms with van der Waals surface area (Å²) in [5.41, 5.74) is 2.07. The maximum Gasteiger partial charge on any atom is 0.338 e.